The second-order valence-corrected chi connectivity index (χ2v) is 12.5. The number of anilines is 2. The summed E-state index contributed by atoms with van der Waals surface area (Å²) in [7, 11) is 0. The summed E-state index contributed by atoms with van der Waals surface area (Å²) in [4.78, 5) is 2.56. The Bertz CT molecular complexity index is 2720. The lowest BCUT2D eigenvalue weighted by atomic mass is 9.43. The highest BCUT2D eigenvalue weighted by Crippen LogP contribution is 2.47. The molecule has 3 nitrogen and oxygen atoms in total. The van der Waals surface area contributed by atoms with Gasteiger partial charge in [-0.3, -0.25) is 0 Å². The fourth-order valence-electron chi connectivity index (χ4n) is 8.30. The minimum absolute atomic E-state index is 0.0360. The van der Waals surface area contributed by atoms with Gasteiger partial charge in [-0.1, -0.05) is 103 Å². The lowest BCUT2D eigenvalue weighted by Crippen LogP contribution is -2.59. The van der Waals surface area contributed by atoms with Crippen molar-refractivity contribution in [3.05, 3.63) is 152 Å². The normalized spacial score (nSPS) is 13.1. The first-order valence-corrected chi connectivity index (χ1v) is 15.9. The zero-order valence-corrected chi connectivity index (χ0v) is 24.8. The lowest BCUT2D eigenvalue weighted by Gasteiger charge is -2.43. The summed E-state index contributed by atoms with van der Waals surface area (Å²) in [5.41, 5.74) is 15.5. The van der Waals surface area contributed by atoms with Crippen LogP contribution in [-0.4, -0.2) is 11.4 Å². The Balaban J connectivity index is 1.32. The predicted octanol–water partition coefficient (Wildman–Crippen LogP) is 9.59. The van der Waals surface area contributed by atoms with Crippen molar-refractivity contribution in [2.45, 2.75) is 0 Å². The van der Waals surface area contributed by atoms with Gasteiger partial charge in [0.1, 0.15) is 5.58 Å². The predicted molar refractivity (Wildman–Crippen MR) is 193 cm³/mol. The molecule has 4 heteroatoms. The van der Waals surface area contributed by atoms with E-state index in [1.165, 1.54) is 60.8 Å². The van der Waals surface area contributed by atoms with E-state index in [9.17, 15) is 0 Å². The number of rotatable bonds is 1. The average Bonchev–Trinajstić information content (AvgIpc) is 3.66. The van der Waals surface area contributed by atoms with Gasteiger partial charge in [0, 0.05) is 49.7 Å². The summed E-state index contributed by atoms with van der Waals surface area (Å²) in [5.74, 6) is 0. The number of furan rings is 1. The molecule has 4 heterocycles. The molecule has 9 aromatic rings. The molecular weight excluding hydrogens is 559 g/mol. The summed E-state index contributed by atoms with van der Waals surface area (Å²) < 4.78 is 9.10. The standard InChI is InChI=1S/C42H25BN2O/c1-2-12-26(13-3-1)44-39-25-36-33(24-34(39)31-22-23-32-30-17-7-11-21-40(30)46-42(32)41(31)44)29-16-6-10-20-38(29)45-37-19-9-5-15-28(37)27-14-4-8-18-35(27)43(36)45/h1-25H. The van der Waals surface area contributed by atoms with Crippen molar-refractivity contribution in [1.82, 2.24) is 4.57 Å². The van der Waals surface area contributed by atoms with E-state index in [0.29, 0.717) is 0 Å². The molecule has 0 N–H and O–H groups in total. The molecule has 0 amide bonds. The topological polar surface area (TPSA) is 21.3 Å². The minimum Gasteiger partial charge on any atom is -0.454 e. The lowest BCUT2D eigenvalue weighted by molar-refractivity contribution is 0.671. The molecule has 11 rings (SSSR count). The molecule has 0 bridgehead atoms. The van der Waals surface area contributed by atoms with Crippen LogP contribution in [0.15, 0.2) is 156 Å². The van der Waals surface area contributed by atoms with Gasteiger partial charge in [-0.05, 0) is 70.6 Å². The van der Waals surface area contributed by atoms with Gasteiger partial charge >= 0.3 is 6.85 Å². The second kappa shape index (κ2) is 8.80. The molecule has 2 aromatic heterocycles. The molecule has 0 unspecified atom stereocenters. The number of aromatic nitrogens is 1. The molecular formula is C42H25BN2O. The Morgan fingerprint density at radius 1 is 0.457 bits per heavy atom. The van der Waals surface area contributed by atoms with E-state index >= 15 is 0 Å². The first-order chi connectivity index (χ1) is 22.8. The second-order valence-electron chi connectivity index (χ2n) is 12.5. The van der Waals surface area contributed by atoms with Crippen LogP contribution in [0.3, 0.4) is 0 Å². The monoisotopic (exact) mass is 584 g/mol. The van der Waals surface area contributed by atoms with Crippen LogP contribution in [0.2, 0.25) is 0 Å². The summed E-state index contributed by atoms with van der Waals surface area (Å²) in [5, 5.41) is 4.71. The van der Waals surface area contributed by atoms with Crippen LogP contribution in [0.25, 0.3) is 71.7 Å². The highest BCUT2D eigenvalue weighted by atomic mass is 16.3. The number of nitrogens with zero attached hydrogens (tertiary/aromatic N) is 2. The van der Waals surface area contributed by atoms with E-state index in [1.54, 1.807) is 0 Å². The van der Waals surface area contributed by atoms with E-state index in [0.717, 1.165) is 33.1 Å². The van der Waals surface area contributed by atoms with Crippen molar-refractivity contribution in [3.8, 4) is 27.9 Å². The third-order valence-electron chi connectivity index (χ3n) is 10.2. The Morgan fingerprint density at radius 3 is 1.93 bits per heavy atom. The van der Waals surface area contributed by atoms with E-state index in [4.69, 9.17) is 4.42 Å². The van der Waals surface area contributed by atoms with Gasteiger partial charge in [0.15, 0.2) is 5.58 Å². The van der Waals surface area contributed by atoms with Crippen molar-refractivity contribution in [3.63, 3.8) is 0 Å². The van der Waals surface area contributed by atoms with Crippen LogP contribution in [0.5, 0.6) is 0 Å². The maximum absolute atomic E-state index is 6.68. The van der Waals surface area contributed by atoms with Crippen LogP contribution in [0, 0.1) is 0 Å². The van der Waals surface area contributed by atoms with Gasteiger partial charge in [-0.2, -0.15) is 0 Å². The van der Waals surface area contributed by atoms with Crippen LogP contribution in [0.1, 0.15) is 0 Å². The van der Waals surface area contributed by atoms with Gasteiger partial charge in [0.05, 0.1) is 11.0 Å². The highest BCUT2D eigenvalue weighted by molar-refractivity contribution is 6.92. The molecule has 0 atom stereocenters. The van der Waals surface area contributed by atoms with E-state index in [-0.39, 0.29) is 6.85 Å². The molecule has 0 radical (unpaired) electrons. The summed E-state index contributed by atoms with van der Waals surface area (Å²) in [6.45, 7) is 0.0360. The van der Waals surface area contributed by atoms with Crippen molar-refractivity contribution < 1.29 is 4.42 Å². The Hall–Kier alpha value is -6.00. The molecule has 46 heavy (non-hydrogen) atoms. The quantitative estimate of drug-likeness (QED) is 0.179. The molecule has 212 valence electrons. The van der Waals surface area contributed by atoms with E-state index in [1.807, 2.05) is 6.07 Å². The zero-order valence-electron chi connectivity index (χ0n) is 24.8. The fourth-order valence-corrected chi connectivity index (χ4v) is 8.30. The maximum Gasteiger partial charge on any atom is 0.329 e. The molecule has 0 spiro atoms. The molecule has 0 saturated carbocycles. The maximum atomic E-state index is 6.68. The third-order valence-corrected chi connectivity index (χ3v) is 10.2. The first-order valence-electron chi connectivity index (χ1n) is 15.9. The largest absolute Gasteiger partial charge is 0.454 e. The van der Waals surface area contributed by atoms with Crippen LogP contribution in [0.4, 0.5) is 11.4 Å². The number of benzene rings is 7. The Labute approximate surface area is 265 Å². The van der Waals surface area contributed by atoms with Crippen LogP contribution in [-0.2, 0) is 0 Å². The van der Waals surface area contributed by atoms with Crippen molar-refractivity contribution >= 4 is 72.9 Å². The third kappa shape index (κ3) is 3.03. The number of fused-ring (bicyclic) bond motifs is 18. The van der Waals surface area contributed by atoms with E-state index < -0.39 is 0 Å². The number of hydrogen-bond acceptors (Lipinski definition) is 2. The fraction of sp³-hybridized carbons (Fsp3) is 0. The first kappa shape index (κ1) is 24.3. The SMILES string of the molecule is c1ccc(-n2c3cc4c(cc3c3ccc5c6ccccc6oc5c32)-c2ccccc2N2B4c3ccccc3-c3ccccc32)cc1. The Morgan fingerprint density at radius 2 is 1.11 bits per heavy atom. The van der Waals surface area contributed by atoms with E-state index in [2.05, 4.69) is 155 Å². The summed E-state index contributed by atoms with van der Waals surface area (Å²) in [6.07, 6.45) is 0. The van der Waals surface area contributed by atoms with Crippen molar-refractivity contribution in [1.29, 1.82) is 0 Å². The molecule has 0 saturated heterocycles. The molecule has 7 aromatic carbocycles. The number of hydrogen-bond donors (Lipinski definition) is 0. The molecule has 2 aliphatic rings. The van der Waals surface area contributed by atoms with Crippen molar-refractivity contribution in [2.24, 2.45) is 0 Å². The summed E-state index contributed by atoms with van der Waals surface area (Å²) in [6, 6.07) is 55.2. The average molecular weight is 584 g/mol. The van der Waals surface area contributed by atoms with Crippen LogP contribution < -0.4 is 15.7 Å². The number of para-hydroxylation sites is 4. The van der Waals surface area contributed by atoms with Gasteiger partial charge in [0.2, 0.25) is 0 Å². The van der Waals surface area contributed by atoms with Gasteiger partial charge < -0.3 is 13.8 Å². The van der Waals surface area contributed by atoms with Gasteiger partial charge in [-0.25, -0.2) is 0 Å². The van der Waals surface area contributed by atoms with Crippen molar-refractivity contribution in [2.75, 3.05) is 4.81 Å². The van der Waals surface area contributed by atoms with Gasteiger partial charge in [-0.15, -0.1) is 0 Å². The Kier molecular flexibility index (Phi) is 4.66. The minimum atomic E-state index is 0.0360. The molecule has 0 fully saturated rings. The van der Waals surface area contributed by atoms with Gasteiger partial charge in [0.25, 0.3) is 0 Å². The molecule has 0 aliphatic carbocycles. The highest BCUT2D eigenvalue weighted by Gasteiger charge is 2.42. The summed E-state index contributed by atoms with van der Waals surface area (Å²) >= 11 is 0. The molecule has 2 aliphatic heterocycles. The van der Waals surface area contributed by atoms with Crippen LogP contribution >= 0.6 is 0 Å². The smallest absolute Gasteiger partial charge is 0.329 e. The zero-order chi connectivity index (χ0) is 29.9.